The first-order valence-electron chi connectivity index (χ1n) is 15.8. The fraction of sp³-hybridized carbons (Fsp3) is 0.500. The molecule has 44 heavy (non-hydrogen) atoms. The third kappa shape index (κ3) is 4.17. The standard InChI is InChI=1S/C34H37F2N5O3/c1-3-23-26(35)7-6-21-12-22(42)13-24(27(21)23)29-28(36)30-25(15-37-29)31(41-11-5-9-34(41)17-43-18-34)39-32(38-30)44-19-33-8-4-10-40(33)16-20(2)14-33/h6-7,12-13,15,20,42H,3-5,8-11,14,16-19H2,1-2H3/t20-,33+/m1/s1. The fourth-order valence-corrected chi connectivity index (χ4v) is 8.44. The number of benzene rings is 2. The normalized spacial score (nSPS) is 24.5. The highest BCUT2D eigenvalue weighted by molar-refractivity contribution is 6.01. The Hall–Kier alpha value is -3.63. The van der Waals surface area contributed by atoms with Crippen molar-refractivity contribution in [3.8, 4) is 23.0 Å². The lowest BCUT2D eigenvalue weighted by atomic mass is 9.92. The van der Waals surface area contributed by atoms with Gasteiger partial charge in [0.2, 0.25) is 0 Å². The van der Waals surface area contributed by atoms with Gasteiger partial charge in [-0.1, -0.05) is 19.9 Å². The number of halogens is 2. The first-order chi connectivity index (χ1) is 21.3. The van der Waals surface area contributed by atoms with E-state index in [1.54, 1.807) is 18.3 Å². The quantitative estimate of drug-likeness (QED) is 0.288. The van der Waals surface area contributed by atoms with Gasteiger partial charge in [-0.25, -0.2) is 8.78 Å². The molecule has 0 radical (unpaired) electrons. The van der Waals surface area contributed by atoms with Gasteiger partial charge in [0.1, 0.15) is 35.2 Å². The van der Waals surface area contributed by atoms with E-state index in [4.69, 9.17) is 14.5 Å². The molecule has 0 saturated carbocycles. The summed E-state index contributed by atoms with van der Waals surface area (Å²) in [5, 5.41) is 12.2. The summed E-state index contributed by atoms with van der Waals surface area (Å²) < 4.78 is 43.9. The number of hydrogen-bond donors (Lipinski definition) is 1. The predicted octanol–water partition coefficient (Wildman–Crippen LogP) is 6.01. The molecule has 4 aliphatic rings. The van der Waals surface area contributed by atoms with Crippen molar-refractivity contribution in [3.05, 3.63) is 47.7 Å². The van der Waals surface area contributed by atoms with Gasteiger partial charge in [0.25, 0.3) is 0 Å². The molecule has 4 fully saturated rings. The summed E-state index contributed by atoms with van der Waals surface area (Å²) in [6.45, 7) is 8.67. The summed E-state index contributed by atoms with van der Waals surface area (Å²) in [4.78, 5) is 18.9. The van der Waals surface area contributed by atoms with Crippen molar-refractivity contribution in [2.75, 3.05) is 44.4 Å². The minimum Gasteiger partial charge on any atom is -0.508 e. The number of aromatic nitrogens is 3. The Kier molecular flexibility index (Phi) is 6.47. The number of phenols is 1. The molecule has 10 heteroatoms. The molecule has 0 unspecified atom stereocenters. The molecule has 0 amide bonds. The van der Waals surface area contributed by atoms with Crippen molar-refractivity contribution in [2.24, 2.45) is 5.92 Å². The van der Waals surface area contributed by atoms with Gasteiger partial charge >= 0.3 is 6.01 Å². The Morgan fingerprint density at radius 2 is 1.95 bits per heavy atom. The summed E-state index contributed by atoms with van der Waals surface area (Å²) >= 11 is 0. The van der Waals surface area contributed by atoms with Crippen LogP contribution in [0.15, 0.2) is 30.5 Å². The molecule has 1 N–H and O–H groups in total. The zero-order valence-corrected chi connectivity index (χ0v) is 25.2. The van der Waals surface area contributed by atoms with E-state index in [9.17, 15) is 9.50 Å². The first-order valence-corrected chi connectivity index (χ1v) is 15.8. The monoisotopic (exact) mass is 601 g/mol. The molecule has 0 bridgehead atoms. The lowest BCUT2D eigenvalue weighted by Crippen LogP contribution is -2.59. The minimum absolute atomic E-state index is 0.00240. The molecule has 6 heterocycles. The number of fused-ring (bicyclic) bond motifs is 3. The smallest absolute Gasteiger partial charge is 0.319 e. The molecule has 0 aliphatic carbocycles. The Balaban J connectivity index is 1.29. The summed E-state index contributed by atoms with van der Waals surface area (Å²) in [7, 11) is 0. The number of pyridine rings is 1. The second-order valence-electron chi connectivity index (χ2n) is 13.3. The molecule has 8 nitrogen and oxygen atoms in total. The van der Waals surface area contributed by atoms with Crippen molar-refractivity contribution in [1.82, 2.24) is 19.9 Å². The van der Waals surface area contributed by atoms with Gasteiger partial charge < -0.3 is 19.5 Å². The van der Waals surface area contributed by atoms with Crippen molar-refractivity contribution >= 4 is 27.5 Å². The molecule has 4 saturated heterocycles. The van der Waals surface area contributed by atoms with Gasteiger partial charge in [0, 0.05) is 24.8 Å². The molecule has 4 aliphatic heterocycles. The number of aromatic hydroxyl groups is 1. The maximum atomic E-state index is 16.9. The predicted molar refractivity (Wildman–Crippen MR) is 164 cm³/mol. The molecule has 230 valence electrons. The summed E-state index contributed by atoms with van der Waals surface area (Å²) in [6, 6.07) is 6.14. The first kappa shape index (κ1) is 27.9. The minimum atomic E-state index is -0.650. The van der Waals surface area contributed by atoms with Crippen LogP contribution in [0.1, 0.15) is 51.5 Å². The largest absolute Gasteiger partial charge is 0.508 e. The van der Waals surface area contributed by atoms with E-state index in [0.717, 1.165) is 51.7 Å². The molecule has 4 aromatic rings. The van der Waals surface area contributed by atoms with Crippen LogP contribution in [0.4, 0.5) is 14.6 Å². The van der Waals surface area contributed by atoms with E-state index in [1.807, 2.05) is 6.92 Å². The highest BCUT2D eigenvalue weighted by Crippen LogP contribution is 2.45. The summed E-state index contributed by atoms with van der Waals surface area (Å²) in [5.74, 6) is 0.117. The van der Waals surface area contributed by atoms with Crippen molar-refractivity contribution < 1.29 is 23.4 Å². The topological polar surface area (TPSA) is 83.8 Å². The van der Waals surface area contributed by atoms with Crippen LogP contribution in [0.5, 0.6) is 11.8 Å². The Morgan fingerprint density at radius 1 is 1.11 bits per heavy atom. The van der Waals surface area contributed by atoms with Gasteiger partial charge in [-0.05, 0) is 85.5 Å². The third-order valence-corrected chi connectivity index (χ3v) is 10.5. The Morgan fingerprint density at radius 3 is 2.75 bits per heavy atom. The van der Waals surface area contributed by atoms with E-state index >= 15 is 4.39 Å². The van der Waals surface area contributed by atoms with E-state index in [-0.39, 0.29) is 39.9 Å². The van der Waals surface area contributed by atoms with Crippen LogP contribution < -0.4 is 9.64 Å². The third-order valence-electron chi connectivity index (χ3n) is 10.5. The van der Waals surface area contributed by atoms with E-state index in [1.165, 1.54) is 12.1 Å². The van der Waals surface area contributed by atoms with Crippen LogP contribution in [0.2, 0.25) is 0 Å². The number of rotatable bonds is 6. The van der Waals surface area contributed by atoms with E-state index < -0.39 is 5.82 Å². The van der Waals surface area contributed by atoms with Crippen LogP contribution in [0, 0.1) is 17.6 Å². The van der Waals surface area contributed by atoms with Gasteiger partial charge in [0.15, 0.2) is 5.82 Å². The summed E-state index contributed by atoms with van der Waals surface area (Å²) in [6.07, 6.45) is 7.22. The zero-order valence-electron chi connectivity index (χ0n) is 25.2. The molecule has 1 spiro atoms. The molecular weight excluding hydrogens is 564 g/mol. The van der Waals surface area contributed by atoms with Crippen LogP contribution in [-0.2, 0) is 11.2 Å². The highest BCUT2D eigenvalue weighted by atomic mass is 19.1. The lowest BCUT2D eigenvalue weighted by molar-refractivity contribution is -0.0507. The zero-order chi connectivity index (χ0) is 30.2. The van der Waals surface area contributed by atoms with Crippen LogP contribution >= 0.6 is 0 Å². The van der Waals surface area contributed by atoms with Crippen LogP contribution in [0.25, 0.3) is 32.9 Å². The maximum Gasteiger partial charge on any atom is 0.319 e. The Labute approximate surface area is 255 Å². The number of phenolic OH excluding ortho intramolecular Hbond substituents is 1. The molecule has 8 rings (SSSR count). The highest BCUT2D eigenvalue weighted by Gasteiger charge is 2.49. The van der Waals surface area contributed by atoms with Gasteiger partial charge in [-0.15, -0.1) is 0 Å². The van der Waals surface area contributed by atoms with Crippen LogP contribution in [0.3, 0.4) is 0 Å². The molecule has 2 aromatic carbocycles. The number of ether oxygens (including phenoxy) is 2. The van der Waals surface area contributed by atoms with Gasteiger partial charge in [-0.2, -0.15) is 9.97 Å². The lowest BCUT2D eigenvalue weighted by Gasteiger charge is -2.46. The second-order valence-corrected chi connectivity index (χ2v) is 13.3. The van der Waals surface area contributed by atoms with Gasteiger partial charge in [-0.3, -0.25) is 9.88 Å². The molecule has 2 atom stereocenters. The Bertz CT molecular complexity index is 1800. The van der Waals surface area contributed by atoms with E-state index in [0.29, 0.717) is 65.3 Å². The van der Waals surface area contributed by atoms with Crippen molar-refractivity contribution in [3.63, 3.8) is 0 Å². The molecular formula is C34H37F2N5O3. The number of nitrogens with zero attached hydrogens (tertiary/aromatic N) is 5. The molecule has 2 aromatic heterocycles. The van der Waals surface area contributed by atoms with Gasteiger partial charge in [0.05, 0.1) is 29.7 Å². The SMILES string of the molecule is CCc1c(F)ccc2cc(O)cc(-c3ncc4c(N5CCCC56COC6)nc(OC[C@@]56CCCN5C[C@H](C)C6)nc4c3F)c12. The van der Waals surface area contributed by atoms with E-state index in [2.05, 4.69) is 26.7 Å². The average molecular weight is 602 g/mol. The maximum absolute atomic E-state index is 16.9. The van der Waals surface area contributed by atoms with Crippen molar-refractivity contribution in [1.29, 1.82) is 0 Å². The average Bonchev–Trinajstić information content (AvgIpc) is 3.68. The second kappa shape index (κ2) is 10.2. The summed E-state index contributed by atoms with van der Waals surface area (Å²) in [5.41, 5.74) is 0.652. The number of hydrogen-bond acceptors (Lipinski definition) is 8. The fourth-order valence-electron chi connectivity index (χ4n) is 8.44. The van der Waals surface area contributed by atoms with Crippen LogP contribution in [-0.4, -0.2) is 75.5 Å². The van der Waals surface area contributed by atoms with Crippen molar-refractivity contribution in [2.45, 2.75) is 63.5 Å². The number of aryl methyl sites for hydroxylation is 1. The number of anilines is 1.